The van der Waals surface area contributed by atoms with Crippen molar-refractivity contribution in [2.75, 3.05) is 0 Å². The Balaban J connectivity index is 1.55. The summed E-state index contributed by atoms with van der Waals surface area (Å²) in [7, 11) is 0. The molecule has 0 aliphatic heterocycles. The third-order valence-electron chi connectivity index (χ3n) is 6.13. The van der Waals surface area contributed by atoms with Gasteiger partial charge in [0, 0.05) is 23.9 Å². The molecule has 0 saturated heterocycles. The van der Waals surface area contributed by atoms with Gasteiger partial charge in [0.25, 0.3) is 5.91 Å². The third-order valence-corrected chi connectivity index (χ3v) is 6.13. The van der Waals surface area contributed by atoms with Crippen LogP contribution in [0.3, 0.4) is 0 Å². The van der Waals surface area contributed by atoms with Gasteiger partial charge in [-0.15, -0.1) is 0 Å². The highest BCUT2D eigenvalue weighted by Crippen LogP contribution is 2.51. The van der Waals surface area contributed by atoms with Crippen molar-refractivity contribution in [2.45, 2.75) is 56.2 Å². The van der Waals surface area contributed by atoms with E-state index in [0.717, 1.165) is 30.5 Å². The first-order valence-corrected chi connectivity index (χ1v) is 9.17. The summed E-state index contributed by atoms with van der Waals surface area (Å²) in [4.78, 5) is 21.1. The summed E-state index contributed by atoms with van der Waals surface area (Å²) in [5.41, 5.74) is -0.312. The molecular formula is C18H18F3N5O. The number of hydrogen-bond acceptors (Lipinski definition) is 4. The van der Waals surface area contributed by atoms with Gasteiger partial charge < -0.3 is 5.32 Å². The average molecular weight is 377 g/mol. The van der Waals surface area contributed by atoms with Crippen LogP contribution in [0, 0.1) is 5.92 Å². The van der Waals surface area contributed by atoms with E-state index in [9.17, 15) is 18.0 Å². The first kappa shape index (κ1) is 16.7. The van der Waals surface area contributed by atoms with E-state index in [1.807, 2.05) is 0 Å². The summed E-state index contributed by atoms with van der Waals surface area (Å²) in [6.07, 6.45) is 3.87. The summed E-state index contributed by atoms with van der Waals surface area (Å²) in [6.45, 7) is 0. The second-order valence-electron chi connectivity index (χ2n) is 7.72. The number of amides is 1. The Kier molecular flexibility index (Phi) is 3.42. The van der Waals surface area contributed by atoms with Crippen LogP contribution in [0.5, 0.6) is 0 Å². The van der Waals surface area contributed by atoms with Gasteiger partial charge in [0.1, 0.15) is 5.54 Å². The Morgan fingerprint density at radius 2 is 2.07 bits per heavy atom. The van der Waals surface area contributed by atoms with Crippen LogP contribution in [0.1, 0.15) is 59.8 Å². The highest BCUT2D eigenvalue weighted by Gasteiger charge is 2.64. The van der Waals surface area contributed by atoms with E-state index in [0.29, 0.717) is 18.2 Å². The van der Waals surface area contributed by atoms with Gasteiger partial charge in [-0.05, 0) is 38.0 Å². The fourth-order valence-electron chi connectivity index (χ4n) is 4.59. The molecule has 3 aliphatic carbocycles. The summed E-state index contributed by atoms with van der Waals surface area (Å²) in [5, 5.41) is 6.60. The highest BCUT2D eigenvalue weighted by molar-refractivity contribution is 5.95. The van der Waals surface area contributed by atoms with Crippen molar-refractivity contribution in [3.8, 4) is 5.82 Å². The lowest BCUT2D eigenvalue weighted by Crippen LogP contribution is -2.48. The van der Waals surface area contributed by atoms with Crippen molar-refractivity contribution in [3.05, 3.63) is 35.5 Å². The molecule has 0 bridgehead atoms. The van der Waals surface area contributed by atoms with Gasteiger partial charge in [-0.2, -0.15) is 18.3 Å². The number of carbonyl (C=O) groups is 1. The lowest BCUT2D eigenvalue weighted by molar-refractivity contribution is -0.163. The smallest absolute Gasteiger partial charge is 0.336 e. The molecule has 142 valence electrons. The quantitative estimate of drug-likeness (QED) is 0.893. The molecule has 5 rings (SSSR count). The van der Waals surface area contributed by atoms with Crippen molar-refractivity contribution in [2.24, 2.45) is 5.92 Å². The second kappa shape index (κ2) is 5.53. The van der Waals surface area contributed by atoms with E-state index < -0.39 is 17.6 Å². The molecule has 2 atom stereocenters. The fourth-order valence-corrected chi connectivity index (χ4v) is 4.59. The van der Waals surface area contributed by atoms with Gasteiger partial charge in [-0.25, -0.2) is 9.67 Å². The van der Waals surface area contributed by atoms with Crippen molar-refractivity contribution in [1.82, 2.24) is 25.1 Å². The Hall–Kier alpha value is -2.45. The Morgan fingerprint density at radius 1 is 1.26 bits per heavy atom. The average Bonchev–Trinajstić information content (AvgIpc) is 2.99. The van der Waals surface area contributed by atoms with E-state index in [1.54, 1.807) is 17.1 Å². The van der Waals surface area contributed by atoms with Crippen LogP contribution >= 0.6 is 0 Å². The molecule has 2 aromatic rings. The molecule has 2 aromatic heterocycles. The molecule has 0 radical (unpaired) electrons. The standard InChI is InChI=1S/C18H18F3N5O/c19-18(20,21)17(4-5-17)24-16(27)14-12-8-10-2-1-3-11(10)15(12)26(25-14)13-9-22-6-7-23-13/h6-7,9-11H,1-5,8H2,(H,24,27)/t10-,11-/m1/s1. The molecule has 0 aromatic carbocycles. The number of alkyl halides is 3. The molecule has 2 saturated carbocycles. The number of fused-ring (bicyclic) bond motifs is 3. The summed E-state index contributed by atoms with van der Waals surface area (Å²) in [5.74, 6) is 0.430. The van der Waals surface area contributed by atoms with Crippen LogP contribution in [0.4, 0.5) is 13.2 Å². The largest absolute Gasteiger partial charge is 0.411 e. The van der Waals surface area contributed by atoms with Crippen LogP contribution in [0.2, 0.25) is 0 Å². The molecule has 2 fully saturated rings. The Morgan fingerprint density at radius 3 is 2.74 bits per heavy atom. The van der Waals surface area contributed by atoms with E-state index in [4.69, 9.17) is 0 Å². The first-order valence-electron chi connectivity index (χ1n) is 9.17. The number of nitrogens with one attached hydrogen (secondary N) is 1. The normalized spacial score (nSPS) is 25.1. The maximum absolute atomic E-state index is 13.2. The third kappa shape index (κ3) is 2.47. The van der Waals surface area contributed by atoms with Crippen molar-refractivity contribution < 1.29 is 18.0 Å². The van der Waals surface area contributed by atoms with E-state index >= 15 is 0 Å². The Bertz CT molecular complexity index is 904. The predicted molar refractivity (Wildman–Crippen MR) is 88.4 cm³/mol. The minimum Gasteiger partial charge on any atom is -0.336 e. The van der Waals surface area contributed by atoms with Crippen LogP contribution in [-0.2, 0) is 6.42 Å². The molecule has 2 heterocycles. The molecule has 0 unspecified atom stereocenters. The highest BCUT2D eigenvalue weighted by atomic mass is 19.4. The summed E-state index contributed by atoms with van der Waals surface area (Å²) >= 11 is 0. The molecule has 0 spiro atoms. The fraction of sp³-hybridized carbons (Fsp3) is 0.556. The number of aromatic nitrogens is 4. The molecule has 1 amide bonds. The van der Waals surface area contributed by atoms with Gasteiger partial charge >= 0.3 is 6.18 Å². The van der Waals surface area contributed by atoms with Gasteiger partial charge in [0.15, 0.2) is 11.5 Å². The molecule has 27 heavy (non-hydrogen) atoms. The lowest BCUT2D eigenvalue weighted by atomic mass is 9.99. The van der Waals surface area contributed by atoms with E-state index in [2.05, 4.69) is 20.4 Å². The zero-order valence-corrected chi connectivity index (χ0v) is 14.5. The number of halogens is 3. The molecular weight excluding hydrogens is 359 g/mol. The van der Waals surface area contributed by atoms with E-state index in [1.165, 1.54) is 6.20 Å². The van der Waals surface area contributed by atoms with E-state index in [-0.39, 0.29) is 24.5 Å². The predicted octanol–water partition coefficient (Wildman–Crippen LogP) is 2.93. The van der Waals surface area contributed by atoms with Crippen molar-refractivity contribution >= 4 is 5.91 Å². The van der Waals surface area contributed by atoms with Gasteiger partial charge in [0.05, 0.1) is 11.9 Å². The number of rotatable bonds is 3. The van der Waals surface area contributed by atoms with Gasteiger partial charge in [0.2, 0.25) is 0 Å². The number of nitrogens with zero attached hydrogens (tertiary/aromatic N) is 4. The number of carbonyl (C=O) groups excluding carboxylic acids is 1. The lowest BCUT2D eigenvalue weighted by Gasteiger charge is -2.20. The second-order valence-corrected chi connectivity index (χ2v) is 7.72. The molecule has 3 aliphatic rings. The van der Waals surface area contributed by atoms with Crippen LogP contribution < -0.4 is 5.32 Å². The molecule has 6 nitrogen and oxygen atoms in total. The zero-order valence-electron chi connectivity index (χ0n) is 14.5. The van der Waals surface area contributed by atoms with Gasteiger partial charge in [-0.3, -0.25) is 9.78 Å². The first-order chi connectivity index (χ1) is 12.9. The topological polar surface area (TPSA) is 72.7 Å². The summed E-state index contributed by atoms with van der Waals surface area (Å²) < 4.78 is 41.3. The van der Waals surface area contributed by atoms with Crippen LogP contribution in [-0.4, -0.2) is 37.4 Å². The molecule has 9 heteroatoms. The maximum atomic E-state index is 13.2. The van der Waals surface area contributed by atoms with Gasteiger partial charge in [-0.1, -0.05) is 6.42 Å². The molecule has 1 N–H and O–H groups in total. The SMILES string of the molecule is O=C(NC1(C(F)(F)F)CC1)c1nn(-c2cnccn2)c2c1C[C@H]1CCC[C@@H]21. The monoisotopic (exact) mass is 377 g/mol. The van der Waals surface area contributed by atoms with Crippen LogP contribution in [0.15, 0.2) is 18.6 Å². The summed E-state index contributed by atoms with van der Waals surface area (Å²) in [6, 6.07) is 0. The Labute approximate surface area is 153 Å². The number of hydrogen-bond donors (Lipinski definition) is 1. The van der Waals surface area contributed by atoms with Crippen molar-refractivity contribution in [3.63, 3.8) is 0 Å². The minimum absolute atomic E-state index is 0.0828. The zero-order chi connectivity index (χ0) is 18.8. The van der Waals surface area contributed by atoms with Crippen LogP contribution in [0.25, 0.3) is 5.82 Å². The minimum atomic E-state index is -4.45. The maximum Gasteiger partial charge on any atom is 0.411 e. The van der Waals surface area contributed by atoms with Crippen molar-refractivity contribution in [1.29, 1.82) is 0 Å².